The highest BCUT2D eigenvalue weighted by atomic mass is 16.6. The van der Waals surface area contributed by atoms with Crippen LogP contribution in [0.1, 0.15) is 265 Å². The zero-order valence-electron chi connectivity index (χ0n) is 43.9. The molecule has 6 nitrogen and oxygen atoms in total. The highest BCUT2D eigenvalue weighted by Crippen LogP contribution is 2.16. The number of unbranched alkanes of at least 4 members (excludes halogenated alkanes) is 25. The van der Waals surface area contributed by atoms with Gasteiger partial charge in [-0.15, -0.1) is 0 Å². The van der Waals surface area contributed by atoms with Gasteiger partial charge in [-0.1, -0.05) is 260 Å². The fraction of sp³-hybridized carbons (Fsp3) is 0.721. The zero-order chi connectivity index (χ0) is 48.6. The van der Waals surface area contributed by atoms with E-state index in [-0.39, 0.29) is 37.5 Å². The first kappa shape index (κ1) is 63.6. The minimum atomic E-state index is -0.796. The number of hydrogen-bond acceptors (Lipinski definition) is 6. The van der Waals surface area contributed by atoms with Crippen LogP contribution in [0.4, 0.5) is 0 Å². The Labute approximate surface area is 414 Å². The smallest absolute Gasteiger partial charge is 0.306 e. The minimum absolute atomic E-state index is 0.0912. The molecule has 0 saturated carbocycles. The van der Waals surface area contributed by atoms with E-state index in [1.54, 1.807) is 0 Å². The maximum absolute atomic E-state index is 12.8. The van der Waals surface area contributed by atoms with Gasteiger partial charge in [-0.2, -0.15) is 0 Å². The topological polar surface area (TPSA) is 78.9 Å². The Morgan fingerprint density at radius 3 is 0.910 bits per heavy atom. The van der Waals surface area contributed by atoms with Crippen LogP contribution in [0, 0.1) is 0 Å². The van der Waals surface area contributed by atoms with Crippen molar-refractivity contribution in [1.29, 1.82) is 0 Å². The van der Waals surface area contributed by atoms with Gasteiger partial charge in [0.05, 0.1) is 0 Å². The van der Waals surface area contributed by atoms with Gasteiger partial charge in [-0.25, -0.2) is 0 Å². The van der Waals surface area contributed by atoms with Gasteiger partial charge in [0.1, 0.15) is 13.2 Å². The molecule has 1 atom stereocenters. The molecule has 67 heavy (non-hydrogen) atoms. The second-order valence-corrected chi connectivity index (χ2v) is 18.5. The summed E-state index contributed by atoms with van der Waals surface area (Å²) < 4.78 is 16.8. The van der Waals surface area contributed by atoms with Crippen molar-refractivity contribution in [2.45, 2.75) is 271 Å². The van der Waals surface area contributed by atoms with Crippen LogP contribution in [-0.4, -0.2) is 37.2 Å². The lowest BCUT2D eigenvalue weighted by atomic mass is 10.0. The summed E-state index contributed by atoms with van der Waals surface area (Å²) >= 11 is 0. The first-order chi connectivity index (χ1) is 33.0. The van der Waals surface area contributed by atoms with E-state index in [9.17, 15) is 14.4 Å². The van der Waals surface area contributed by atoms with Gasteiger partial charge < -0.3 is 14.2 Å². The summed E-state index contributed by atoms with van der Waals surface area (Å²) in [5.74, 6) is -0.947. The van der Waals surface area contributed by atoms with Crippen LogP contribution in [-0.2, 0) is 28.6 Å². The lowest BCUT2D eigenvalue weighted by molar-refractivity contribution is -0.167. The standard InChI is InChI=1S/C61H104O6/c1-4-7-10-13-16-19-22-24-26-27-28-29-30-31-32-33-35-36-39-42-45-48-51-54-60(63)66-57-58(56-65-59(62)53-50-47-44-41-38-21-18-15-12-9-6-3)67-61(64)55-52-49-46-43-40-37-34-25-23-20-17-14-11-8-5-2/h7,10,16,19,24,26,28-29,31-32,35-36,42,45,58H,4-6,8-9,11-15,17-18,20-23,25,27,30,33-34,37-41,43-44,46-57H2,1-3H3/b10-7-,19-16-,26-24-,29-28-,32-31-,36-35-,45-42-. The number of ether oxygens (including phenoxy) is 3. The van der Waals surface area contributed by atoms with Crippen molar-refractivity contribution in [1.82, 2.24) is 0 Å². The second-order valence-electron chi connectivity index (χ2n) is 18.5. The summed E-state index contributed by atoms with van der Waals surface area (Å²) in [5.41, 5.74) is 0. The fourth-order valence-corrected chi connectivity index (χ4v) is 7.73. The van der Waals surface area contributed by atoms with E-state index >= 15 is 0 Å². The molecule has 0 amide bonds. The summed E-state index contributed by atoms with van der Waals surface area (Å²) in [6.45, 7) is 6.48. The average molecular weight is 933 g/mol. The number of hydrogen-bond donors (Lipinski definition) is 0. The molecule has 0 aliphatic carbocycles. The van der Waals surface area contributed by atoms with E-state index in [4.69, 9.17) is 14.2 Å². The van der Waals surface area contributed by atoms with Crippen LogP contribution in [0.2, 0.25) is 0 Å². The Morgan fingerprint density at radius 2 is 0.582 bits per heavy atom. The summed E-state index contributed by atoms with van der Waals surface area (Å²) in [5, 5.41) is 0. The lowest BCUT2D eigenvalue weighted by Gasteiger charge is -2.18. The van der Waals surface area contributed by atoms with Crippen molar-refractivity contribution < 1.29 is 28.6 Å². The molecule has 0 aliphatic heterocycles. The first-order valence-electron chi connectivity index (χ1n) is 28.1. The molecular formula is C61H104O6. The Hall–Kier alpha value is -3.41. The third kappa shape index (κ3) is 53.4. The minimum Gasteiger partial charge on any atom is -0.462 e. The summed E-state index contributed by atoms with van der Waals surface area (Å²) in [4.78, 5) is 38.0. The van der Waals surface area contributed by atoms with Gasteiger partial charge in [0, 0.05) is 19.3 Å². The summed E-state index contributed by atoms with van der Waals surface area (Å²) in [6, 6.07) is 0. The maximum Gasteiger partial charge on any atom is 0.306 e. The number of carbonyl (C=O) groups excluding carboxylic acids is 3. The quantitative estimate of drug-likeness (QED) is 0.0262. The average Bonchev–Trinajstić information content (AvgIpc) is 3.33. The number of allylic oxidation sites excluding steroid dienone is 14. The predicted molar refractivity (Wildman–Crippen MR) is 288 cm³/mol. The Bertz CT molecular complexity index is 1300. The predicted octanol–water partition coefficient (Wildman–Crippen LogP) is 18.8. The normalized spacial score (nSPS) is 12.7. The molecule has 384 valence electrons. The maximum atomic E-state index is 12.8. The molecule has 1 unspecified atom stereocenters. The van der Waals surface area contributed by atoms with Crippen LogP contribution >= 0.6 is 0 Å². The number of carbonyl (C=O) groups is 3. The zero-order valence-corrected chi connectivity index (χ0v) is 43.9. The molecule has 0 aromatic carbocycles. The molecule has 0 radical (unpaired) electrons. The molecule has 0 N–H and O–H groups in total. The van der Waals surface area contributed by atoms with Gasteiger partial charge in [0.15, 0.2) is 6.10 Å². The first-order valence-corrected chi connectivity index (χ1v) is 28.1. The van der Waals surface area contributed by atoms with E-state index in [1.807, 2.05) is 0 Å². The van der Waals surface area contributed by atoms with Gasteiger partial charge >= 0.3 is 17.9 Å². The number of rotatable bonds is 50. The monoisotopic (exact) mass is 933 g/mol. The van der Waals surface area contributed by atoms with Crippen LogP contribution in [0.15, 0.2) is 85.1 Å². The second kappa shape index (κ2) is 55.2. The molecular weight excluding hydrogens is 829 g/mol. The molecule has 6 heteroatoms. The van der Waals surface area contributed by atoms with E-state index in [1.165, 1.54) is 128 Å². The Balaban J connectivity index is 4.42. The van der Waals surface area contributed by atoms with E-state index in [0.717, 1.165) is 89.9 Å². The SMILES string of the molecule is CC/C=C\C/C=C\C/C=C\C/C=C\C/C=C\C/C=C\C/C=C\CCCC(=O)OCC(COC(=O)CCCCCCCCCCCCC)OC(=O)CCCCCCCCCCCCCCCCC. The van der Waals surface area contributed by atoms with Crippen molar-refractivity contribution in [2.24, 2.45) is 0 Å². The van der Waals surface area contributed by atoms with Gasteiger partial charge in [-0.05, 0) is 70.6 Å². The molecule has 0 rings (SSSR count). The summed E-state index contributed by atoms with van der Waals surface area (Å²) in [6.07, 6.45) is 71.5. The van der Waals surface area contributed by atoms with Crippen molar-refractivity contribution in [2.75, 3.05) is 13.2 Å². The van der Waals surface area contributed by atoms with E-state index in [2.05, 4.69) is 106 Å². The molecule has 0 aromatic heterocycles. The van der Waals surface area contributed by atoms with E-state index in [0.29, 0.717) is 19.3 Å². The molecule has 0 bridgehead atoms. The molecule has 0 fully saturated rings. The highest BCUT2D eigenvalue weighted by Gasteiger charge is 2.19. The Kier molecular flexibility index (Phi) is 52.4. The van der Waals surface area contributed by atoms with Crippen LogP contribution in [0.3, 0.4) is 0 Å². The van der Waals surface area contributed by atoms with Gasteiger partial charge in [-0.3, -0.25) is 14.4 Å². The van der Waals surface area contributed by atoms with Crippen LogP contribution in [0.5, 0.6) is 0 Å². The summed E-state index contributed by atoms with van der Waals surface area (Å²) in [7, 11) is 0. The van der Waals surface area contributed by atoms with Gasteiger partial charge in [0.25, 0.3) is 0 Å². The van der Waals surface area contributed by atoms with E-state index < -0.39 is 6.10 Å². The van der Waals surface area contributed by atoms with Crippen LogP contribution < -0.4 is 0 Å². The molecule has 0 spiro atoms. The van der Waals surface area contributed by atoms with Crippen LogP contribution in [0.25, 0.3) is 0 Å². The Morgan fingerprint density at radius 1 is 0.313 bits per heavy atom. The largest absolute Gasteiger partial charge is 0.462 e. The third-order valence-electron chi connectivity index (χ3n) is 11.9. The molecule has 0 heterocycles. The molecule has 0 aliphatic rings. The molecule has 0 saturated heterocycles. The van der Waals surface area contributed by atoms with Crippen molar-refractivity contribution in [3.05, 3.63) is 85.1 Å². The van der Waals surface area contributed by atoms with Crippen molar-refractivity contribution in [3.8, 4) is 0 Å². The van der Waals surface area contributed by atoms with Gasteiger partial charge in [0.2, 0.25) is 0 Å². The fourth-order valence-electron chi connectivity index (χ4n) is 7.73. The van der Waals surface area contributed by atoms with Crippen molar-refractivity contribution in [3.63, 3.8) is 0 Å². The number of esters is 3. The molecule has 0 aromatic rings. The lowest BCUT2D eigenvalue weighted by Crippen LogP contribution is -2.30. The van der Waals surface area contributed by atoms with Crippen molar-refractivity contribution >= 4 is 17.9 Å². The highest BCUT2D eigenvalue weighted by molar-refractivity contribution is 5.71. The third-order valence-corrected chi connectivity index (χ3v) is 11.9.